The van der Waals surface area contributed by atoms with E-state index >= 15 is 0 Å². The summed E-state index contributed by atoms with van der Waals surface area (Å²) in [6.45, 7) is 5.47. The molecule has 44 heavy (non-hydrogen) atoms. The standard InChI is InChI=1S/C35H43IN6O2/c36-28-7-3-6-22-15-26(43)16-31(32(22)28)40-14-11-27-29(20-40)38-34(39-33(27)41-18-24-9-10-25(19-41)37-24)44-21-35-12-4-13-42(35)30-8-2-1-5-23(30)17-35/h3,6-7,15-16,23-25,30,37,43H,1-2,4-5,8-14,17-21H2/t23-,24?,25?,30-,35+/m0/s1. The van der Waals surface area contributed by atoms with Gasteiger partial charge < -0.3 is 25.0 Å². The molecule has 5 fully saturated rings. The van der Waals surface area contributed by atoms with E-state index in [2.05, 4.69) is 60.8 Å². The van der Waals surface area contributed by atoms with E-state index < -0.39 is 0 Å². The molecule has 0 spiro atoms. The Morgan fingerprint density at radius 2 is 1.86 bits per heavy atom. The molecule has 2 unspecified atom stereocenters. The number of rotatable bonds is 5. The summed E-state index contributed by atoms with van der Waals surface area (Å²) in [6, 6.07) is 12.5. The van der Waals surface area contributed by atoms with Crippen LogP contribution in [0.4, 0.5) is 11.5 Å². The van der Waals surface area contributed by atoms with Crippen LogP contribution in [0.5, 0.6) is 11.8 Å². The van der Waals surface area contributed by atoms with Crippen molar-refractivity contribution in [3.8, 4) is 11.8 Å². The Hall–Kier alpha value is -2.37. The van der Waals surface area contributed by atoms with Gasteiger partial charge in [0.1, 0.15) is 18.2 Å². The first kappa shape index (κ1) is 27.9. The van der Waals surface area contributed by atoms with Crippen LogP contribution in [0.1, 0.15) is 69.0 Å². The summed E-state index contributed by atoms with van der Waals surface area (Å²) in [6.07, 6.45) is 12.7. The maximum Gasteiger partial charge on any atom is 0.318 e. The van der Waals surface area contributed by atoms with Crippen molar-refractivity contribution in [2.45, 2.75) is 94.4 Å². The van der Waals surface area contributed by atoms with Crippen LogP contribution in [-0.4, -0.2) is 76.4 Å². The van der Waals surface area contributed by atoms with E-state index in [-0.39, 0.29) is 5.54 Å². The van der Waals surface area contributed by atoms with Gasteiger partial charge in [-0.2, -0.15) is 9.97 Å². The van der Waals surface area contributed by atoms with Gasteiger partial charge in [0.2, 0.25) is 0 Å². The lowest BCUT2D eigenvalue weighted by Gasteiger charge is -2.38. The Morgan fingerprint density at radius 3 is 2.75 bits per heavy atom. The number of phenolic OH excluding ortho intramolecular Hbond substituents is 1. The van der Waals surface area contributed by atoms with Gasteiger partial charge in [-0.1, -0.05) is 25.0 Å². The minimum absolute atomic E-state index is 0.149. The van der Waals surface area contributed by atoms with Crippen LogP contribution >= 0.6 is 22.6 Å². The third kappa shape index (κ3) is 4.66. The van der Waals surface area contributed by atoms with E-state index in [9.17, 15) is 5.11 Å². The number of halogens is 1. The van der Waals surface area contributed by atoms with E-state index in [1.807, 2.05) is 12.1 Å². The summed E-state index contributed by atoms with van der Waals surface area (Å²) in [5.41, 5.74) is 3.58. The second-order valence-electron chi connectivity index (χ2n) is 14.4. The van der Waals surface area contributed by atoms with Crippen molar-refractivity contribution in [3.63, 3.8) is 0 Å². The summed E-state index contributed by atoms with van der Waals surface area (Å²) in [5.74, 6) is 2.23. The fourth-order valence-electron chi connectivity index (χ4n) is 9.92. The minimum Gasteiger partial charge on any atom is -0.508 e. The monoisotopic (exact) mass is 706 g/mol. The molecule has 2 aromatic carbocycles. The predicted molar refractivity (Wildman–Crippen MR) is 182 cm³/mol. The molecule has 9 rings (SSSR count). The second kappa shape index (κ2) is 10.9. The minimum atomic E-state index is 0.149. The van der Waals surface area contributed by atoms with Crippen molar-refractivity contribution in [3.05, 3.63) is 45.2 Å². The van der Waals surface area contributed by atoms with Crippen LogP contribution in [0, 0.1) is 9.49 Å². The molecule has 6 heterocycles. The Balaban J connectivity index is 1.06. The van der Waals surface area contributed by atoms with E-state index in [1.54, 1.807) is 0 Å². The van der Waals surface area contributed by atoms with Crippen molar-refractivity contribution in [1.82, 2.24) is 20.2 Å². The molecule has 1 saturated carbocycles. The number of hydrogen-bond donors (Lipinski definition) is 2. The molecule has 1 aliphatic carbocycles. The molecule has 5 aliphatic heterocycles. The predicted octanol–water partition coefficient (Wildman–Crippen LogP) is 5.62. The zero-order valence-corrected chi connectivity index (χ0v) is 27.6. The number of benzene rings is 2. The van der Waals surface area contributed by atoms with Crippen LogP contribution in [0.3, 0.4) is 0 Å². The van der Waals surface area contributed by atoms with Crippen molar-refractivity contribution >= 4 is 44.9 Å². The number of fused-ring (bicyclic) bond motifs is 7. The maximum absolute atomic E-state index is 10.7. The zero-order chi connectivity index (χ0) is 29.4. The molecule has 232 valence electrons. The molecule has 3 aromatic rings. The third-order valence-electron chi connectivity index (χ3n) is 11.8. The Kier molecular flexibility index (Phi) is 6.89. The molecular weight excluding hydrogens is 663 g/mol. The normalized spacial score (nSPS) is 31.3. The number of aromatic nitrogens is 2. The number of phenols is 1. The first-order valence-electron chi connectivity index (χ1n) is 17.0. The van der Waals surface area contributed by atoms with Gasteiger partial charge >= 0.3 is 6.01 Å². The topological polar surface area (TPSA) is 77.0 Å². The van der Waals surface area contributed by atoms with Crippen LogP contribution in [0.15, 0.2) is 30.3 Å². The van der Waals surface area contributed by atoms with E-state index in [4.69, 9.17) is 14.7 Å². The number of aromatic hydroxyl groups is 1. The fourth-order valence-corrected chi connectivity index (χ4v) is 10.7. The highest BCUT2D eigenvalue weighted by Gasteiger charge is 2.54. The molecule has 0 amide bonds. The summed E-state index contributed by atoms with van der Waals surface area (Å²) < 4.78 is 7.95. The highest BCUT2D eigenvalue weighted by atomic mass is 127. The highest BCUT2D eigenvalue weighted by Crippen LogP contribution is 2.50. The van der Waals surface area contributed by atoms with Crippen molar-refractivity contribution in [1.29, 1.82) is 0 Å². The van der Waals surface area contributed by atoms with Gasteiger partial charge in [0, 0.05) is 64.0 Å². The third-order valence-corrected chi connectivity index (χ3v) is 12.7. The molecule has 8 nitrogen and oxygen atoms in total. The lowest BCUT2D eigenvalue weighted by atomic mass is 9.82. The van der Waals surface area contributed by atoms with E-state index in [1.165, 1.54) is 78.9 Å². The molecule has 2 N–H and O–H groups in total. The van der Waals surface area contributed by atoms with Crippen LogP contribution in [0.25, 0.3) is 10.8 Å². The molecule has 0 radical (unpaired) electrons. The second-order valence-corrected chi connectivity index (χ2v) is 15.6. The fraction of sp³-hybridized carbons (Fsp3) is 0.600. The van der Waals surface area contributed by atoms with Crippen LogP contribution < -0.4 is 19.9 Å². The van der Waals surface area contributed by atoms with E-state index in [0.29, 0.717) is 37.0 Å². The molecule has 9 heteroatoms. The van der Waals surface area contributed by atoms with Gasteiger partial charge in [0.05, 0.1) is 17.8 Å². The number of nitrogens with zero attached hydrogens (tertiary/aromatic N) is 5. The number of hydrogen-bond acceptors (Lipinski definition) is 8. The van der Waals surface area contributed by atoms with Crippen LogP contribution in [-0.2, 0) is 13.0 Å². The zero-order valence-electron chi connectivity index (χ0n) is 25.5. The molecular formula is C35H43IN6O2. The quantitative estimate of drug-likeness (QED) is 0.332. The van der Waals surface area contributed by atoms with Crippen molar-refractivity contribution in [2.75, 3.05) is 42.6 Å². The van der Waals surface area contributed by atoms with Gasteiger partial charge in [0.15, 0.2) is 0 Å². The summed E-state index contributed by atoms with van der Waals surface area (Å²) in [4.78, 5) is 18.2. The average molecular weight is 707 g/mol. The molecule has 6 aliphatic rings. The number of nitrogens with one attached hydrogen (secondary N) is 1. The first-order valence-corrected chi connectivity index (χ1v) is 18.1. The number of piperazine rings is 1. The highest BCUT2D eigenvalue weighted by molar-refractivity contribution is 14.1. The lowest BCUT2D eigenvalue weighted by molar-refractivity contribution is 0.0774. The molecule has 2 bridgehead atoms. The van der Waals surface area contributed by atoms with Gasteiger partial charge in [0.25, 0.3) is 0 Å². The summed E-state index contributed by atoms with van der Waals surface area (Å²) >= 11 is 2.42. The van der Waals surface area contributed by atoms with Gasteiger partial charge in [-0.3, -0.25) is 4.90 Å². The average Bonchev–Trinajstić information content (AvgIpc) is 3.69. The van der Waals surface area contributed by atoms with E-state index in [0.717, 1.165) is 60.6 Å². The first-order chi connectivity index (χ1) is 21.5. The van der Waals surface area contributed by atoms with Gasteiger partial charge in [-0.05, 0) is 104 Å². The number of anilines is 2. The van der Waals surface area contributed by atoms with Crippen molar-refractivity contribution < 1.29 is 9.84 Å². The molecule has 1 aromatic heterocycles. The molecule has 4 saturated heterocycles. The smallest absolute Gasteiger partial charge is 0.318 e. The Bertz CT molecular complexity index is 1590. The number of ether oxygens (including phenoxy) is 1. The SMILES string of the molecule is Oc1cc(N2CCc3c(nc(OC[C@]45CCCN4[C@H]4CCCC[C@H]4C5)nc3N3CC4CCC(C3)N4)C2)c2c(I)cccc2c1. The van der Waals surface area contributed by atoms with Crippen LogP contribution in [0.2, 0.25) is 0 Å². The summed E-state index contributed by atoms with van der Waals surface area (Å²) in [5, 5.41) is 16.7. The maximum atomic E-state index is 10.7. The van der Waals surface area contributed by atoms with Gasteiger partial charge in [-0.15, -0.1) is 0 Å². The Morgan fingerprint density at radius 1 is 1.00 bits per heavy atom. The summed E-state index contributed by atoms with van der Waals surface area (Å²) in [7, 11) is 0. The van der Waals surface area contributed by atoms with Gasteiger partial charge in [-0.25, -0.2) is 0 Å². The van der Waals surface area contributed by atoms with Crippen molar-refractivity contribution in [2.24, 2.45) is 5.92 Å². The molecule has 5 atom stereocenters. The lowest BCUT2D eigenvalue weighted by Crippen LogP contribution is -2.52. The largest absolute Gasteiger partial charge is 0.508 e. The Labute approximate surface area is 273 Å².